The molecular formula is C20H26N4O5S. The standard InChI is InChI=1S/C20H26N4O5S/c1-3-30(28,29)17-6-4-16(5-7-17)23-11-8-15(9-12-23)21-18(25)14-24-13-10-19(26)22(2)20(24)27/h4-7,10,13,15H,3,8-9,11-12,14H2,1-2H3,(H,21,25). The number of amides is 1. The number of aromatic nitrogens is 2. The van der Waals surface area contributed by atoms with E-state index in [1.54, 1.807) is 19.1 Å². The molecule has 0 bridgehead atoms. The maximum absolute atomic E-state index is 12.3. The largest absolute Gasteiger partial charge is 0.371 e. The molecule has 1 aliphatic heterocycles. The minimum absolute atomic E-state index is 0.00303. The minimum atomic E-state index is -3.21. The van der Waals surface area contributed by atoms with Crippen molar-refractivity contribution in [3.8, 4) is 0 Å². The molecular weight excluding hydrogens is 408 g/mol. The third-order valence-electron chi connectivity index (χ3n) is 5.38. The average Bonchev–Trinajstić information content (AvgIpc) is 2.75. The summed E-state index contributed by atoms with van der Waals surface area (Å²) in [7, 11) is -1.84. The zero-order valence-electron chi connectivity index (χ0n) is 17.1. The minimum Gasteiger partial charge on any atom is -0.371 e. The normalized spacial score (nSPS) is 15.2. The molecule has 162 valence electrons. The molecule has 2 heterocycles. The lowest BCUT2D eigenvalue weighted by Gasteiger charge is -2.34. The Hall–Kier alpha value is -2.88. The van der Waals surface area contributed by atoms with Gasteiger partial charge in [-0.3, -0.25) is 18.7 Å². The predicted octanol–water partition coefficient (Wildman–Crippen LogP) is 0.126. The fourth-order valence-electron chi connectivity index (χ4n) is 3.48. The summed E-state index contributed by atoms with van der Waals surface area (Å²) in [5.41, 5.74) is 0.0111. The summed E-state index contributed by atoms with van der Waals surface area (Å²) in [5, 5.41) is 2.95. The van der Waals surface area contributed by atoms with Gasteiger partial charge in [0.2, 0.25) is 5.91 Å². The molecule has 0 aliphatic carbocycles. The molecule has 1 N–H and O–H groups in total. The smallest absolute Gasteiger partial charge is 0.331 e. The molecule has 0 radical (unpaired) electrons. The lowest BCUT2D eigenvalue weighted by molar-refractivity contribution is -0.122. The van der Waals surface area contributed by atoms with Crippen LogP contribution in [0, 0.1) is 0 Å². The van der Waals surface area contributed by atoms with Crippen molar-refractivity contribution in [3.05, 3.63) is 57.4 Å². The molecule has 30 heavy (non-hydrogen) atoms. The number of sulfone groups is 1. The highest BCUT2D eigenvalue weighted by molar-refractivity contribution is 7.91. The van der Waals surface area contributed by atoms with E-state index < -0.39 is 21.1 Å². The first-order valence-corrected chi connectivity index (χ1v) is 11.5. The fraction of sp³-hybridized carbons (Fsp3) is 0.450. The number of carbonyl (C=O) groups is 1. The van der Waals surface area contributed by atoms with Crippen LogP contribution in [0.5, 0.6) is 0 Å². The van der Waals surface area contributed by atoms with Crippen molar-refractivity contribution in [1.29, 1.82) is 0 Å². The van der Waals surface area contributed by atoms with E-state index in [4.69, 9.17) is 0 Å². The Morgan fingerprint density at radius 1 is 1.10 bits per heavy atom. The highest BCUT2D eigenvalue weighted by Gasteiger charge is 2.22. The van der Waals surface area contributed by atoms with E-state index in [1.807, 2.05) is 12.1 Å². The van der Waals surface area contributed by atoms with Gasteiger partial charge in [-0.1, -0.05) is 6.92 Å². The number of benzene rings is 1. The quantitative estimate of drug-likeness (QED) is 0.692. The first kappa shape index (κ1) is 21.8. The molecule has 0 spiro atoms. The Bertz CT molecular complexity index is 1130. The van der Waals surface area contributed by atoms with Gasteiger partial charge in [-0.15, -0.1) is 0 Å². The van der Waals surface area contributed by atoms with Crippen LogP contribution in [-0.4, -0.2) is 48.3 Å². The lowest BCUT2D eigenvalue weighted by Crippen LogP contribution is -2.47. The van der Waals surface area contributed by atoms with Gasteiger partial charge in [-0.05, 0) is 37.1 Å². The second-order valence-electron chi connectivity index (χ2n) is 7.35. The van der Waals surface area contributed by atoms with E-state index in [1.165, 1.54) is 23.9 Å². The lowest BCUT2D eigenvalue weighted by atomic mass is 10.0. The van der Waals surface area contributed by atoms with Crippen LogP contribution in [0.25, 0.3) is 0 Å². The number of nitrogens with zero attached hydrogens (tertiary/aromatic N) is 3. The number of piperidine rings is 1. The molecule has 1 aromatic carbocycles. The zero-order chi connectivity index (χ0) is 21.9. The van der Waals surface area contributed by atoms with E-state index in [2.05, 4.69) is 10.2 Å². The molecule has 9 nitrogen and oxygen atoms in total. The van der Waals surface area contributed by atoms with Crippen LogP contribution in [-0.2, 0) is 28.2 Å². The third kappa shape index (κ3) is 4.81. The monoisotopic (exact) mass is 434 g/mol. The second kappa shape index (κ2) is 8.86. The van der Waals surface area contributed by atoms with E-state index in [-0.39, 0.29) is 24.2 Å². The zero-order valence-corrected chi connectivity index (χ0v) is 17.9. The van der Waals surface area contributed by atoms with Crippen LogP contribution >= 0.6 is 0 Å². The number of hydrogen-bond acceptors (Lipinski definition) is 6. The van der Waals surface area contributed by atoms with Gasteiger partial charge < -0.3 is 10.2 Å². The molecule has 10 heteroatoms. The molecule has 1 fully saturated rings. The molecule has 3 rings (SSSR count). The number of carbonyl (C=O) groups excluding carboxylic acids is 1. The van der Waals surface area contributed by atoms with Crippen molar-refractivity contribution in [2.75, 3.05) is 23.7 Å². The summed E-state index contributed by atoms with van der Waals surface area (Å²) in [4.78, 5) is 38.3. The first-order valence-electron chi connectivity index (χ1n) is 9.85. The molecule has 1 aliphatic rings. The Balaban J connectivity index is 1.54. The van der Waals surface area contributed by atoms with E-state index in [9.17, 15) is 22.8 Å². The highest BCUT2D eigenvalue weighted by atomic mass is 32.2. The van der Waals surface area contributed by atoms with Gasteiger partial charge in [-0.2, -0.15) is 0 Å². The van der Waals surface area contributed by atoms with Gasteiger partial charge in [-0.25, -0.2) is 13.2 Å². The summed E-state index contributed by atoms with van der Waals surface area (Å²) in [6.07, 6.45) is 2.81. The van der Waals surface area contributed by atoms with Gasteiger partial charge in [0.25, 0.3) is 5.56 Å². The van der Waals surface area contributed by atoms with Crippen molar-refractivity contribution in [2.45, 2.75) is 37.2 Å². The molecule has 1 aromatic heterocycles. The van der Waals surface area contributed by atoms with Crippen molar-refractivity contribution in [1.82, 2.24) is 14.5 Å². The number of rotatable bonds is 6. The van der Waals surface area contributed by atoms with Crippen LogP contribution in [0.4, 0.5) is 5.69 Å². The molecule has 1 saturated heterocycles. The van der Waals surface area contributed by atoms with Crippen LogP contribution in [0.3, 0.4) is 0 Å². The van der Waals surface area contributed by atoms with Gasteiger partial charge in [0.1, 0.15) is 6.54 Å². The number of anilines is 1. The van der Waals surface area contributed by atoms with Gasteiger partial charge >= 0.3 is 5.69 Å². The Labute approximate surface area is 174 Å². The van der Waals surface area contributed by atoms with Crippen molar-refractivity contribution in [2.24, 2.45) is 7.05 Å². The molecule has 0 saturated carbocycles. The van der Waals surface area contributed by atoms with Gasteiger partial charge in [0.15, 0.2) is 9.84 Å². The van der Waals surface area contributed by atoms with E-state index >= 15 is 0 Å². The maximum Gasteiger partial charge on any atom is 0.331 e. The summed E-state index contributed by atoms with van der Waals surface area (Å²) in [6.45, 7) is 2.94. The second-order valence-corrected chi connectivity index (χ2v) is 9.63. The number of hydrogen-bond donors (Lipinski definition) is 1. The van der Waals surface area contributed by atoms with Gasteiger partial charge in [0, 0.05) is 44.1 Å². The molecule has 0 atom stereocenters. The Morgan fingerprint density at radius 3 is 2.33 bits per heavy atom. The summed E-state index contributed by atoms with van der Waals surface area (Å²) in [5.74, 6) is -0.202. The van der Waals surface area contributed by atoms with Crippen LogP contribution in [0.15, 0.2) is 51.0 Å². The Kier molecular flexibility index (Phi) is 6.45. The summed E-state index contributed by atoms with van der Waals surface area (Å²) >= 11 is 0. The first-order chi connectivity index (χ1) is 14.2. The van der Waals surface area contributed by atoms with Crippen LogP contribution < -0.4 is 21.5 Å². The van der Waals surface area contributed by atoms with E-state index in [0.29, 0.717) is 4.90 Å². The third-order valence-corrected chi connectivity index (χ3v) is 7.13. The van der Waals surface area contributed by atoms with E-state index in [0.717, 1.165) is 36.2 Å². The fourth-order valence-corrected chi connectivity index (χ4v) is 4.36. The number of nitrogens with one attached hydrogen (secondary N) is 1. The summed E-state index contributed by atoms with van der Waals surface area (Å²) in [6, 6.07) is 8.14. The maximum atomic E-state index is 12.3. The predicted molar refractivity (Wildman–Crippen MR) is 113 cm³/mol. The van der Waals surface area contributed by atoms with Crippen LogP contribution in [0.2, 0.25) is 0 Å². The molecule has 1 amide bonds. The topological polar surface area (TPSA) is 110 Å². The highest BCUT2D eigenvalue weighted by Crippen LogP contribution is 2.22. The van der Waals surface area contributed by atoms with Gasteiger partial charge in [0.05, 0.1) is 10.6 Å². The molecule has 2 aromatic rings. The van der Waals surface area contributed by atoms with Crippen LogP contribution in [0.1, 0.15) is 19.8 Å². The Morgan fingerprint density at radius 2 is 1.73 bits per heavy atom. The van der Waals surface area contributed by atoms with Crippen molar-refractivity contribution < 1.29 is 13.2 Å². The molecule has 0 unspecified atom stereocenters. The van der Waals surface area contributed by atoms with Crippen molar-refractivity contribution in [3.63, 3.8) is 0 Å². The SMILES string of the molecule is CCS(=O)(=O)c1ccc(N2CCC(NC(=O)Cn3ccc(=O)n(C)c3=O)CC2)cc1. The average molecular weight is 435 g/mol. The van der Waals surface area contributed by atoms with Crippen molar-refractivity contribution >= 4 is 21.4 Å². The summed E-state index contributed by atoms with van der Waals surface area (Å²) < 4.78 is 26.0.